The third kappa shape index (κ3) is 14.7. The van der Waals surface area contributed by atoms with Crippen molar-refractivity contribution < 1.29 is 52.1 Å². The molecular formula is C38H46N4O11S. The van der Waals surface area contributed by atoms with Crippen molar-refractivity contribution in [2.75, 3.05) is 6.26 Å². The molecule has 15 nitrogen and oxygen atoms in total. The maximum absolute atomic E-state index is 14.1. The number of nitrogens with one attached hydrogen (secondary N) is 4. The van der Waals surface area contributed by atoms with E-state index < -0.39 is 82.1 Å². The first-order valence-electron chi connectivity index (χ1n) is 17.2. The standard InChI is InChI=1S/C38H46N4O11S/c1-24(2)34(37(49)39-28(16-18-32(43)44)20-21-54(3,51)52)42-36(48)31(22-27-14-9-13-26-12-7-8-15-29(26)27)40-35(47)30(17-19-33(45)46)41-38(50)53-23-25-10-5-4-6-11-25/h4-15,20-21,24,28,30-31,34H,16-19,22-23H2,1-3H3,(H,39,49)(H,40,47)(H,41,50)(H,42,48)(H,43,44)(H,45,46). The maximum atomic E-state index is 14.1. The number of carboxylic acids is 2. The van der Waals surface area contributed by atoms with Gasteiger partial charge in [0, 0.05) is 37.0 Å². The van der Waals surface area contributed by atoms with E-state index in [1.165, 1.54) is 0 Å². The summed E-state index contributed by atoms with van der Waals surface area (Å²) in [5.74, 6) is -5.32. The van der Waals surface area contributed by atoms with E-state index in [0.717, 1.165) is 28.5 Å². The molecule has 0 heterocycles. The van der Waals surface area contributed by atoms with Crippen LogP contribution in [-0.2, 0) is 51.6 Å². The van der Waals surface area contributed by atoms with Crippen LogP contribution < -0.4 is 21.3 Å². The molecule has 0 aliphatic carbocycles. The summed E-state index contributed by atoms with van der Waals surface area (Å²) >= 11 is 0. The van der Waals surface area contributed by atoms with Gasteiger partial charge in [0.25, 0.3) is 0 Å². The van der Waals surface area contributed by atoms with E-state index in [4.69, 9.17) is 4.74 Å². The molecule has 0 spiro atoms. The number of aliphatic carboxylic acids is 2. The molecule has 4 atom stereocenters. The molecule has 3 rings (SSSR count). The van der Waals surface area contributed by atoms with Gasteiger partial charge in [0.2, 0.25) is 17.7 Å². The van der Waals surface area contributed by atoms with Gasteiger partial charge in [-0.2, -0.15) is 0 Å². The molecule has 54 heavy (non-hydrogen) atoms. The Kier molecular flexibility index (Phi) is 16.2. The first kappa shape index (κ1) is 42.6. The zero-order chi connectivity index (χ0) is 39.8. The largest absolute Gasteiger partial charge is 0.481 e. The number of amides is 4. The minimum absolute atomic E-state index is 0.0756. The van der Waals surface area contributed by atoms with Crippen molar-refractivity contribution in [2.45, 2.75) is 76.7 Å². The Hall–Kier alpha value is -5.77. The van der Waals surface area contributed by atoms with Crippen molar-refractivity contribution >= 4 is 56.4 Å². The molecule has 0 bridgehead atoms. The van der Waals surface area contributed by atoms with Crippen molar-refractivity contribution in [1.29, 1.82) is 0 Å². The molecule has 16 heteroatoms. The summed E-state index contributed by atoms with van der Waals surface area (Å²) in [6.07, 6.45) is -0.307. The second-order valence-electron chi connectivity index (χ2n) is 13.0. The number of ether oxygens (including phenoxy) is 1. The molecule has 0 fully saturated rings. The van der Waals surface area contributed by atoms with Crippen LogP contribution in [0.2, 0.25) is 0 Å². The Balaban J connectivity index is 1.90. The average molecular weight is 767 g/mol. The molecule has 290 valence electrons. The monoisotopic (exact) mass is 766 g/mol. The Morgan fingerprint density at radius 3 is 1.98 bits per heavy atom. The number of benzene rings is 3. The zero-order valence-corrected chi connectivity index (χ0v) is 31.0. The highest BCUT2D eigenvalue weighted by atomic mass is 32.2. The predicted molar refractivity (Wildman–Crippen MR) is 200 cm³/mol. The van der Waals surface area contributed by atoms with E-state index in [1.54, 1.807) is 56.3 Å². The summed E-state index contributed by atoms with van der Waals surface area (Å²) in [4.78, 5) is 76.9. The van der Waals surface area contributed by atoms with Crippen molar-refractivity contribution in [3.63, 3.8) is 0 Å². The summed E-state index contributed by atoms with van der Waals surface area (Å²) in [7, 11) is -3.61. The molecule has 0 aromatic heterocycles. The molecule has 3 aromatic rings. The van der Waals surface area contributed by atoms with E-state index in [0.29, 0.717) is 11.1 Å². The fraction of sp³-hybridized carbons (Fsp3) is 0.368. The quantitative estimate of drug-likeness (QED) is 0.0978. The third-order valence-electron chi connectivity index (χ3n) is 8.21. The minimum Gasteiger partial charge on any atom is -0.481 e. The molecule has 0 aliphatic heterocycles. The normalized spacial score (nSPS) is 13.7. The molecule has 6 N–H and O–H groups in total. The number of sulfone groups is 1. The first-order valence-corrected chi connectivity index (χ1v) is 19.1. The van der Waals surface area contributed by atoms with Crippen LogP contribution in [0.3, 0.4) is 0 Å². The van der Waals surface area contributed by atoms with Crippen LogP contribution in [0.25, 0.3) is 10.8 Å². The van der Waals surface area contributed by atoms with E-state index in [-0.39, 0.29) is 32.3 Å². The SMILES string of the molecule is CC(C)C(NC(=O)C(Cc1cccc2ccccc12)NC(=O)C(CCC(=O)O)NC(=O)OCc1ccccc1)C(=O)NC(C=CS(C)(=O)=O)CCC(=O)O. The van der Waals surface area contributed by atoms with E-state index in [9.17, 15) is 47.4 Å². The van der Waals surface area contributed by atoms with E-state index in [1.807, 2.05) is 30.3 Å². The summed E-state index contributed by atoms with van der Waals surface area (Å²) in [5.41, 5.74) is 1.34. The van der Waals surface area contributed by atoms with Gasteiger partial charge in [0.05, 0.1) is 0 Å². The van der Waals surface area contributed by atoms with E-state index >= 15 is 0 Å². The second kappa shape index (κ2) is 20.5. The van der Waals surface area contributed by atoms with Crippen LogP contribution in [0.1, 0.15) is 50.7 Å². The van der Waals surface area contributed by atoms with Gasteiger partial charge in [-0.05, 0) is 40.7 Å². The topological polar surface area (TPSA) is 234 Å². The number of rotatable bonds is 20. The molecule has 0 radical (unpaired) electrons. The highest BCUT2D eigenvalue weighted by molar-refractivity contribution is 7.93. The summed E-state index contributed by atoms with van der Waals surface area (Å²) in [5, 5.41) is 31.3. The Morgan fingerprint density at radius 1 is 0.722 bits per heavy atom. The van der Waals surface area contributed by atoms with Gasteiger partial charge in [-0.1, -0.05) is 92.7 Å². The van der Waals surface area contributed by atoms with Crippen molar-refractivity contribution in [3.8, 4) is 0 Å². The molecule has 3 aromatic carbocycles. The number of hydrogen-bond acceptors (Lipinski definition) is 9. The summed E-state index contributed by atoms with van der Waals surface area (Å²) in [6, 6.07) is 16.5. The fourth-order valence-corrected chi connectivity index (χ4v) is 5.89. The average Bonchev–Trinajstić information content (AvgIpc) is 3.11. The highest BCUT2D eigenvalue weighted by Crippen LogP contribution is 2.20. The van der Waals surface area contributed by atoms with Gasteiger partial charge < -0.3 is 36.2 Å². The van der Waals surface area contributed by atoms with Crippen LogP contribution in [-0.4, -0.2) is 84.8 Å². The molecular weight excluding hydrogens is 721 g/mol. The highest BCUT2D eigenvalue weighted by Gasteiger charge is 2.32. The van der Waals surface area contributed by atoms with Gasteiger partial charge in [0.1, 0.15) is 24.7 Å². The van der Waals surface area contributed by atoms with Crippen LogP contribution in [0, 0.1) is 5.92 Å². The third-order valence-corrected chi connectivity index (χ3v) is 8.86. The van der Waals surface area contributed by atoms with Gasteiger partial charge >= 0.3 is 18.0 Å². The number of fused-ring (bicyclic) bond motifs is 1. The van der Waals surface area contributed by atoms with Crippen LogP contribution >= 0.6 is 0 Å². The maximum Gasteiger partial charge on any atom is 0.408 e. The zero-order valence-electron chi connectivity index (χ0n) is 30.2. The first-order chi connectivity index (χ1) is 25.5. The van der Waals surface area contributed by atoms with Crippen molar-refractivity contribution in [2.24, 2.45) is 5.92 Å². The second-order valence-corrected chi connectivity index (χ2v) is 15.0. The molecule has 0 saturated heterocycles. The van der Waals surface area contributed by atoms with E-state index in [2.05, 4.69) is 21.3 Å². The lowest BCUT2D eigenvalue weighted by molar-refractivity contribution is -0.138. The molecule has 4 unspecified atom stereocenters. The van der Waals surface area contributed by atoms with Gasteiger partial charge in [-0.15, -0.1) is 0 Å². The lowest BCUT2D eigenvalue weighted by atomic mass is 9.97. The van der Waals surface area contributed by atoms with Crippen molar-refractivity contribution in [3.05, 3.63) is 95.4 Å². The van der Waals surface area contributed by atoms with Crippen LogP contribution in [0.15, 0.2) is 84.3 Å². The molecule has 0 aliphatic rings. The van der Waals surface area contributed by atoms with Gasteiger partial charge in [-0.25, -0.2) is 13.2 Å². The van der Waals surface area contributed by atoms with Gasteiger partial charge in [-0.3, -0.25) is 24.0 Å². The number of hydrogen-bond donors (Lipinski definition) is 6. The number of alkyl carbamates (subject to hydrolysis) is 1. The summed E-state index contributed by atoms with van der Waals surface area (Å²) < 4.78 is 28.7. The van der Waals surface area contributed by atoms with Crippen LogP contribution in [0.4, 0.5) is 4.79 Å². The number of carbonyl (C=O) groups is 6. The fourth-order valence-electron chi connectivity index (χ4n) is 5.41. The van der Waals surface area contributed by atoms with Gasteiger partial charge in [0.15, 0.2) is 9.84 Å². The lowest BCUT2D eigenvalue weighted by Gasteiger charge is -2.28. The number of carboxylic acid groups (broad SMARTS) is 2. The molecule has 4 amide bonds. The molecule has 0 saturated carbocycles. The lowest BCUT2D eigenvalue weighted by Crippen LogP contribution is -2.59. The van der Waals surface area contributed by atoms with Crippen LogP contribution in [0.5, 0.6) is 0 Å². The Labute approximate surface area is 313 Å². The minimum atomic E-state index is -3.61. The summed E-state index contributed by atoms with van der Waals surface area (Å²) in [6.45, 7) is 3.18. The Morgan fingerprint density at radius 2 is 1.33 bits per heavy atom. The smallest absolute Gasteiger partial charge is 0.408 e. The predicted octanol–water partition coefficient (Wildman–Crippen LogP) is 3.08. The number of carbonyl (C=O) groups excluding carboxylic acids is 4. The van der Waals surface area contributed by atoms with Crippen molar-refractivity contribution in [1.82, 2.24) is 21.3 Å². The Bertz CT molecular complexity index is 1930.